The fourth-order valence-corrected chi connectivity index (χ4v) is 5.04. The average Bonchev–Trinajstić information content (AvgIpc) is 3.33. The minimum Gasteiger partial charge on any atom is -0.274 e. The van der Waals surface area contributed by atoms with Gasteiger partial charge in [0.2, 0.25) is 11.8 Å². The Morgan fingerprint density at radius 3 is 2.30 bits per heavy atom. The van der Waals surface area contributed by atoms with E-state index in [9.17, 15) is 9.59 Å². The molecule has 4 atom stereocenters. The lowest BCUT2D eigenvalue weighted by molar-refractivity contribution is -0.123. The van der Waals surface area contributed by atoms with Crippen LogP contribution in [0.25, 0.3) is 11.3 Å². The molecule has 5 heteroatoms. The predicted octanol–water partition coefficient (Wildman–Crippen LogP) is 3.12. The number of aromatic nitrogens is 1. The highest BCUT2D eigenvalue weighted by Gasteiger charge is 2.60. The number of allylic oxidation sites excluding steroid dienone is 2. The molecule has 1 aliphatic heterocycles. The zero-order chi connectivity index (χ0) is 15.6. The Morgan fingerprint density at radius 1 is 1.00 bits per heavy atom. The van der Waals surface area contributed by atoms with Crippen molar-refractivity contribution < 1.29 is 9.59 Å². The third-order valence-electron chi connectivity index (χ3n) is 5.22. The van der Waals surface area contributed by atoms with Crippen LogP contribution in [0.4, 0.5) is 5.13 Å². The first-order valence-corrected chi connectivity index (χ1v) is 8.69. The van der Waals surface area contributed by atoms with Gasteiger partial charge in [-0.25, -0.2) is 9.88 Å². The molecule has 0 N–H and O–H groups in total. The van der Waals surface area contributed by atoms with Crippen molar-refractivity contribution in [2.24, 2.45) is 23.7 Å². The molecule has 1 aromatic heterocycles. The Hall–Kier alpha value is -2.27. The maximum Gasteiger partial charge on any atom is 0.240 e. The first kappa shape index (κ1) is 13.2. The summed E-state index contributed by atoms with van der Waals surface area (Å²) in [5.74, 6) is 0.0137. The summed E-state index contributed by atoms with van der Waals surface area (Å²) >= 11 is 1.36. The molecule has 3 aliphatic rings. The average molecular weight is 322 g/mol. The molecular formula is C18H14N2O2S. The maximum absolute atomic E-state index is 12.8. The quantitative estimate of drug-likeness (QED) is 0.630. The molecule has 23 heavy (non-hydrogen) atoms. The number of rotatable bonds is 2. The lowest BCUT2D eigenvalue weighted by Crippen LogP contribution is -2.32. The van der Waals surface area contributed by atoms with E-state index in [1.165, 1.54) is 16.2 Å². The van der Waals surface area contributed by atoms with E-state index >= 15 is 0 Å². The normalized spacial score (nSPS) is 31.2. The number of hydrogen-bond donors (Lipinski definition) is 0. The molecule has 4 nitrogen and oxygen atoms in total. The van der Waals surface area contributed by atoms with Crippen LogP contribution in [0.2, 0.25) is 0 Å². The van der Waals surface area contributed by atoms with Crippen LogP contribution in [0, 0.1) is 23.7 Å². The molecule has 1 aromatic carbocycles. The molecule has 0 radical (unpaired) electrons. The summed E-state index contributed by atoms with van der Waals surface area (Å²) in [5, 5.41) is 2.42. The largest absolute Gasteiger partial charge is 0.274 e. The number of fused-ring (bicyclic) bond motifs is 5. The van der Waals surface area contributed by atoms with Crippen molar-refractivity contribution in [2.75, 3.05) is 4.90 Å². The van der Waals surface area contributed by atoms with Gasteiger partial charge in [0, 0.05) is 10.9 Å². The number of benzene rings is 1. The molecule has 5 rings (SSSR count). The first-order chi connectivity index (χ1) is 11.2. The zero-order valence-electron chi connectivity index (χ0n) is 12.3. The lowest BCUT2D eigenvalue weighted by Gasteiger charge is -2.14. The van der Waals surface area contributed by atoms with Crippen LogP contribution in [0.1, 0.15) is 6.42 Å². The Kier molecular flexibility index (Phi) is 2.65. The van der Waals surface area contributed by atoms with Crippen LogP contribution < -0.4 is 4.90 Å². The van der Waals surface area contributed by atoms with Crippen molar-refractivity contribution in [3.05, 3.63) is 47.9 Å². The van der Waals surface area contributed by atoms with E-state index in [1.54, 1.807) is 0 Å². The van der Waals surface area contributed by atoms with E-state index in [2.05, 4.69) is 17.1 Å². The molecule has 2 bridgehead atoms. The number of imide groups is 1. The number of carbonyl (C=O) groups is 2. The molecule has 1 saturated carbocycles. The van der Waals surface area contributed by atoms with Gasteiger partial charge in [-0.1, -0.05) is 42.5 Å². The first-order valence-electron chi connectivity index (χ1n) is 7.81. The SMILES string of the molecule is O=C1C2C3C=CC(C3)C2C(=O)N1c1nc(-c2ccccc2)cs1. The third-order valence-corrected chi connectivity index (χ3v) is 6.05. The lowest BCUT2D eigenvalue weighted by atomic mass is 9.85. The number of nitrogens with zero attached hydrogens (tertiary/aromatic N) is 2. The molecule has 1 saturated heterocycles. The number of amides is 2. The van der Waals surface area contributed by atoms with Crippen molar-refractivity contribution in [1.82, 2.24) is 4.98 Å². The van der Waals surface area contributed by atoms with E-state index in [-0.39, 0.29) is 35.5 Å². The van der Waals surface area contributed by atoms with E-state index in [1.807, 2.05) is 35.7 Å². The minimum atomic E-state index is -0.165. The summed E-state index contributed by atoms with van der Waals surface area (Å²) in [6.45, 7) is 0. The van der Waals surface area contributed by atoms with Gasteiger partial charge in [0.25, 0.3) is 0 Å². The molecule has 2 fully saturated rings. The number of carbonyl (C=O) groups excluding carboxylic acids is 2. The molecule has 2 amide bonds. The summed E-state index contributed by atoms with van der Waals surface area (Å²) in [6, 6.07) is 9.81. The van der Waals surface area contributed by atoms with Gasteiger partial charge in [0.1, 0.15) is 0 Å². The fraction of sp³-hybridized carbons (Fsp3) is 0.278. The van der Waals surface area contributed by atoms with Crippen molar-refractivity contribution in [1.29, 1.82) is 0 Å². The number of anilines is 1. The second-order valence-electron chi connectivity index (χ2n) is 6.39. The summed E-state index contributed by atoms with van der Waals surface area (Å²) < 4.78 is 0. The fourth-order valence-electron chi connectivity index (χ4n) is 4.20. The topological polar surface area (TPSA) is 50.3 Å². The number of thiazole rings is 1. The van der Waals surface area contributed by atoms with Crippen molar-refractivity contribution in [3.8, 4) is 11.3 Å². The third kappa shape index (κ3) is 1.74. The maximum atomic E-state index is 12.8. The minimum absolute atomic E-state index is 0.0641. The summed E-state index contributed by atoms with van der Waals surface area (Å²) in [6.07, 6.45) is 5.17. The monoisotopic (exact) mass is 322 g/mol. The van der Waals surface area contributed by atoms with Crippen LogP contribution in [0.3, 0.4) is 0 Å². The summed E-state index contributed by atoms with van der Waals surface area (Å²) in [5.41, 5.74) is 1.81. The zero-order valence-corrected chi connectivity index (χ0v) is 13.1. The van der Waals surface area contributed by atoms with Crippen LogP contribution in [0.15, 0.2) is 47.9 Å². The van der Waals surface area contributed by atoms with Crippen LogP contribution in [-0.2, 0) is 9.59 Å². The Morgan fingerprint density at radius 2 is 1.65 bits per heavy atom. The van der Waals surface area contributed by atoms with E-state index in [0.717, 1.165) is 17.7 Å². The smallest absolute Gasteiger partial charge is 0.240 e. The van der Waals surface area contributed by atoms with Crippen LogP contribution >= 0.6 is 11.3 Å². The number of hydrogen-bond acceptors (Lipinski definition) is 4. The molecular weight excluding hydrogens is 308 g/mol. The highest BCUT2D eigenvalue weighted by Crippen LogP contribution is 2.53. The van der Waals surface area contributed by atoms with Crippen molar-refractivity contribution in [3.63, 3.8) is 0 Å². The summed E-state index contributed by atoms with van der Waals surface area (Å²) in [4.78, 5) is 31.4. The highest BCUT2D eigenvalue weighted by atomic mass is 32.1. The van der Waals surface area contributed by atoms with Gasteiger partial charge in [-0.15, -0.1) is 11.3 Å². The second kappa shape index (κ2) is 4.61. The van der Waals surface area contributed by atoms with E-state index in [0.29, 0.717) is 5.13 Å². The second-order valence-corrected chi connectivity index (χ2v) is 7.23. The van der Waals surface area contributed by atoms with Gasteiger partial charge in [-0.05, 0) is 18.3 Å². The van der Waals surface area contributed by atoms with Gasteiger partial charge in [-0.2, -0.15) is 0 Å². The molecule has 2 aromatic rings. The summed E-state index contributed by atoms with van der Waals surface area (Å²) in [7, 11) is 0. The molecule has 2 heterocycles. The highest BCUT2D eigenvalue weighted by molar-refractivity contribution is 7.14. The van der Waals surface area contributed by atoms with E-state index in [4.69, 9.17) is 0 Å². The van der Waals surface area contributed by atoms with Gasteiger partial charge in [-0.3, -0.25) is 9.59 Å². The Balaban J connectivity index is 1.51. The van der Waals surface area contributed by atoms with Gasteiger partial charge in [0.15, 0.2) is 5.13 Å². The predicted molar refractivity (Wildman–Crippen MR) is 87.8 cm³/mol. The molecule has 4 unspecified atom stereocenters. The van der Waals surface area contributed by atoms with Gasteiger partial charge in [0.05, 0.1) is 17.5 Å². The Bertz CT molecular complexity index is 812. The molecule has 114 valence electrons. The van der Waals surface area contributed by atoms with Crippen molar-refractivity contribution >= 4 is 28.3 Å². The molecule has 2 aliphatic carbocycles. The van der Waals surface area contributed by atoms with Gasteiger partial charge < -0.3 is 0 Å². The Labute approximate surface area is 137 Å². The van der Waals surface area contributed by atoms with E-state index < -0.39 is 0 Å². The van der Waals surface area contributed by atoms with Crippen LogP contribution in [-0.4, -0.2) is 16.8 Å². The molecule has 0 spiro atoms. The standard InChI is InChI=1S/C18H14N2O2S/c21-16-14-11-6-7-12(8-11)15(14)17(22)20(16)18-19-13(9-23-18)10-4-2-1-3-5-10/h1-7,9,11-12,14-15H,8H2. The van der Waals surface area contributed by atoms with Gasteiger partial charge >= 0.3 is 0 Å². The van der Waals surface area contributed by atoms with Crippen LogP contribution in [0.5, 0.6) is 0 Å². The van der Waals surface area contributed by atoms with Crippen molar-refractivity contribution in [2.45, 2.75) is 6.42 Å².